The van der Waals surface area contributed by atoms with Crippen LogP contribution in [0.3, 0.4) is 0 Å². The number of halogens is 2. The Bertz CT molecular complexity index is 342. The van der Waals surface area contributed by atoms with Gasteiger partial charge in [0.25, 0.3) is 0 Å². The van der Waals surface area contributed by atoms with Gasteiger partial charge in [-0.2, -0.15) is 0 Å². The molecule has 4 heteroatoms. The molecule has 1 aromatic rings. The molecular weight excluding hydrogens is 298 g/mol. The summed E-state index contributed by atoms with van der Waals surface area (Å²) in [6, 6.07) is 1.84. The Labute approximate surface area is 94.6 Å². The number of Topliss-reactive ketones (excluding diaryl/α,β-unsaturated/α-hetero) is 1. The molecule has 0 amide bonds. The van der Waals surface area contributed by atoms with Crippen molar-refractivity contribution in [2.45, 2.75) is 13.8 Å². The second-order valence-electron chi connectivity index (χ2n) is 3.25. The molecule has 13 heavy (non-hydrogen) atoms. The van der Waals surface area contributed by atoms with E-state index in [1.165, 1.54) is 0 Å². The SMILES string of the molecule is CC(C)C(=O)c1cc(Br)c(Br)n1C. The van der Waals surface area contributed by atoms with Crippen molar-refractivity contribution in [1.82, 2.24) is 4.57 Å². The van der Waals surface area contributed by atoms with Crippen molar-refractivity contribution in [2.24, 2.45) is 13.0 Å². The Hall–Kier alpha value is -0.0900. The highest BCUT2D eigenvalue weighted by atomic mass is 79.9. The van der Waals surface area contributed by atoms with Crippen LogP contribution < -0.4 is 0 Å². The third-order valence-corrected chi connectivity index (χ3v) is 3.99. The molecule has 0 radical (unpaired) electrons. The maximum Gasteiger partial charge on any atom is 0.181 e. The average Bonchev–Trinajstić information content (AvgIpc) is 2.31. The van der Waals surface area contributed by atoms with Gasteiger partial charge in [-0.3, -0.25) is 4.79 Å². The van der Waals surface area contributed by atoms with Crippen molar-refractivity contribution in [3.8, 4) is 0 Å². The topological polar surface area (TPSA) is 22.0 Å². The fourth-order valence-electron chi connectivity index (χ4n) is 1.07. The molecule has 0 bridgehead atoms. The highest BCUT2D eigenvalue weighted by Gasteiger charge is 2.17. The van der Waals surface area contributed by atoms with Crippen LogP contribution in [-0.4, -0.2) is 10.4 Å². The normalized spacial score (nSPS) is 10.9. The summed E-state index contributed by atoms with van der Waals surface area (Å²) in [5.41, 5.74) is 0.730. The molecule has 0 saturated heterocycles. The fourth-order valence-corrected chi connectivity index (χ4v) is 1.86. The number of hydrogen-bond donors (Lipinski definition) is 0. The van der Waals surface area contributed by atoms with E-state index in [-0.39, 0.29) is 11.7 Å². The molecule has 1 heterocycles. The minimum Gasteiger partial charge on any atom is -0.335 e. The molecule has 1 rings (SSSR count). The number of rotatable bonds is 2. The van der Waals surface area contributed by atoms with Crippen molar-refractivity contribution in [2.75, 3.05) is 0 Å². The van der Waals surface area contributed by atoms with Gasteiger partial charge in [0.2, 0.25) is 0 Å². The van der Waals surface area contributed by atoms with E-state index in [1.54, 1.807) is 0 Å². The number of ketones is 1. The summed E-state index contributed by atoms with van der Waals surface area (Å²) >= 11 is 6.75. The van der Waals surface area contributed by atoms with E-state index in [1.807, 2.05) is 31.5 Å². The molecule has 0 aliphatic rings. The standard InChI is InChI=1S/C9H11Br2NO/c1-5(2)8(13)7-4-6(10)9(11)12(7)3/h4-5H,1-3H3. The summed E-state index contributed by atoms with van der Waals surface area (Å²) in [5.74, 6) is 0.196. The highest BCUT2D eigenvalue weighted by Crippen LogP contribution is 2.27. The molecule has 0 N–H and O–H groups in total. The third-order valence-electron chi connectivity index (χ3n) is 1.89. The zero-order valence-corrected chi connectivity index (χ0v) is 10.9. The molecule has 0 atom stereocenters. The number of aromatic nitrogens is 1. The van der Waals surface area contributed by atoms with Gasteiger partial charge in [0.05, 0.1) is 14.8 Å². The quantitative estimate of drug-likeness (QED) is 0.768. The summed E-state index contributed by atoms with van der Waals surface area (Å²) in [6.45, 7) is 3.80. The predicted molar refractivity (Wildman–Crippen MR) is 60.0 cm³/mol. The molecule has 0 fully saturated rings. The Kier molecular flexibility index (Phi) is 3.35. The molecule has 0 saturated carbocycles. The van der Waals surface area contributed by atoms with Gasteiger partial charge in [-0.1, -0.05) is 13.8 Å². The van der Waals surface area contributed by atoms with Crippen LogP contribution in [0.1, 0.15) is 24.3 Å². The van der Waals surface area contributed by atoms with Crippen LogP contribution in [0.2, 0.25) is 0 Å². The molecule has 1 aromatic heterocycles. The smallest absolute Gasteiger partial charge is 0.181 e. The van der Waals surface area contributed by atoms with E-state index in [4.69, 9.17) is 0 Å². The van der Waals surface area contributed by atoms with E-state index >= 15 is 0 Å². The van der Waals surface area contributed by atoms with Gasteiger partial charge < -0.3 is 4.57 Å². The first-order valence-corrected chi connectivity index (χ1v) is 5.58. The van der Waals surface area contributed by atoms with E-state index in [0.717, 1.165) is 14.8 Å². The summed E-state index contributed by atoms with van der Waals surface area (Å²) in [4.78, 5) is 11.7. The molecule has 2 nitrogen and oxygen atoms in total. The van der Waals surface area contributed by atoms with Crippen molar-refractivity contribution in [1.29, 1.82) is 0 Å². The highest BCUT2D eigenvalue weighted by molar-refractivity contribution is 9.13. The van der Waals surface area contributed by atoms with E-state index in [9.17, 15) is 4.79 Å². The molecule has 0 spiro atoms. The van der Waals surface area contributed by atoms with Crippen LogP contribution in [-0.2, 0) is 7.05 Å². The molecular formula is C9H11Br2NO. The largest absolute Gasteiger partial charge is 0.335 e. The number of nitrogens with zero attached hydrogens (tertiary/aromatic N) is 1. The number of hydrogen-bond acceptors (Lipinski definition) is 1. The molecule has 0 unspecified atom stereocenters. The second-order valence-corrected chi connectivity index (χ2v) is 4.85. The lowest BCUT2D eigenvalue weighted by atomic mass is 10.1. The van der Waals surface area contributed by atoms with E-state index in [2.05, 4.69) is 31.9 Å². The number of carbonyl (C=O) groups excluding carboxylic acids is 1. The lowest BCUT2D eigenvalue weighted by molar-refractivity contribution is 0.0931. The third kappa shape index (κ3) is 2.05. The van der Waals surface area contributed by atoms with Gasteiger partial charge in [-0.25, -0.2) is 0 Å². The monoisotopic (exact) mass is 307 g/mol. The van der Waals surface area contributed by atoms with Crippen molar-refractivity contribution in [3.63, 3.8) is 0 Å². The molecule has 0 aliphatic heterocycles. The Balaban J connectivity index is 3.16. The predicted octanol–water partition coefficient (Wildman–Crippen LogP) is 3.39. The Morgan fingerprint density at radius 1 is 1.46 bits per heavy atom. The summed E-state index contributed by atoms with van der Waals surface area (Å²) in [6.07, 6.45) is 0. The minimum absolute atomic E-state index is 0.0346. The van der Waals surface area contributed by atoms with Gasteiger partial charge in [0.1, 0.15) is 0 Å². The molecule has 0 aromatic carbocycles. The van der Waals surface area contributed by atoms with Gasteiger partial charge in [0.15, 0.2) is 5.78 Å². The van der Waals surface area contributed by atoms with Crippen LogP contribution in [0.4, 0.5) is 0 Å². The zero-order chi connectivity index (χ0) is 10.2. The average molecular weight is 309 g/mol. The van der Waals surface area contributed by atoms with Crippen LogP contribution in [0.25, 0.3) is 0 Å². The van der Waals surface area contributed by atoms with Crippen molar-refractivity contribution < 1.29 is 4.79 Å². The summed E-state index contributed by atoms with van der Waals surface area (Å²) in [5, 5.41) is 0. The van der Waals surface area contributed by atoms with Crippen molar-refractivity contribution >= 4 is 37.6 Å². The Morgan fingerprint density at radius 2 is 2.00 bits per heavy atom. The molecule has 72 valence electrons. The first-order valence-electron chi connectivity index (χ1n) is 4.00. The van der Waals surface area contributed by atoms with Crippen molar-refractivity contribution in [3.05, 3.63) is 20.8 Å². The van der Waals surface area contributed by atoms with Gasteiger partial charge in [0, 0.05) is 13.0 Å². The van der Waals surface area contributed by atoms with Gasteiger partial charge in [-0.05, 0) is 37.9 Å². The first-order chi connectivity index (χ1) is 5.95. The van der Waals surface area contributed by atoms with Crippen LogP contribution in [0.5, 0.6) is 0 Å². The van der Waals surface area contributed by atoms with Crippen LogP contribution in [0, 0.1) is 5.92 Å². The number of carbonyl (C=O) groups is 1. The molecule has 0 aliphatic carbocycles. The summed E-state index contributed by atoms with van der Waals surface area (Å²) < 4.78 is 3.65. The minimum atomic E-state index is 0.0346. The first kappa shape index (κ1) is 11.0. The lowest BCUT2D eigenvalue weighted by Gasteiger charge is -2.05. The van der Waals surface area contributed by atoms with E-state index < -0.39 is 0 Å². The zero-order valence-electron chi connectivity index (χ0n) is 7.77. The second kappa shape index (κ2) is 3.96. The van der Waals surface area contributed by atoms with E-state index in [0.29, 0.717) is 0 Å². The fraction of sp³-hybridized carbons (Fsp3) is 0.444. The van der Waals surface area contributed by atoms with Gasteiger partial charge in [-0.15, -0.1) is 0 Å². The maximum absolute atomic E-state index is 11.7. The van der Waals surface area contributed by atoms with Crippen LogP contribution >= 0.6 is 31.9 Å². The van der Waals surface area contributed by atoms with Gasteiger partial charge >= 0.3 is 0 Å². The lowest BCUT2D eigenvalue weighted by Crippen LogP contribution is -2.11. The van der Waals surface area contributed by atoms with Crippen LogP contribution in [0.15, 0.2) is 15.1 Å². The summed E-state index contributed by atoms with van der Waals surface area (Å²) in [7, 11) is 1.87. The Morgan fingerprint density at radius 3 is 2.31 bits per heavy atom. The maximum atomic E-state index is 11.7.